The molecule has 2 aromatic heterocycles. The van der Waals surface area contributed by atoms with E-state index >= 15 is 0 Å². The summed E-state index contributed by atoms with van der Waals surface area (Å²) in [6.45, 7) is 3.53. The highest BCUT2D eigenvalue weighted by Crippen LogP contribution is 2.21. The summed E-state index contributed by atoms with van der Waals surface area (Å²) in [5, 5.41) is 12.2. The molecule has 0 spiro atoms. The molecule has 0 saturated heterocycles. The van der Waals surface area contributed by atoms with E-state index in [9.17, 15) is 13.2 Å². The summed E-state index contributed by atoms with van der Waals surface area (Å²) in [4.78, 5) is 13.9. The molecule has 0 amide bonds. The molecule has 0 aromatic carbocycles. The molecule has 0 aliphatic heterocycles. The summed E-state index contributed by atoms with van der Waals surface area (Å²) >= 11 is 0. The van der Waals surface area contributed by atoms with E-state index in [0.29, 0.717) is 5.69 Å². The minimum Gasteiger partial charge on any atom is -0.319 e. The van der Waals surface area contributed by atoms with Crippen LogP contribution in [-0.2, 0) is 10.0 Å². The highest BCUT2D eigenvalue weighted by Gasteiger charge is 2.23. The first-order valence-corrected chi connectivity index (χ1v) is 7.02. The van der Waals surface area contributed by atoms with Crippen molar-refractivity contribution in [2.45, 2.75) is 25.0 Å². The molecule has 0 unspecified atom stereocenters. The predicted octanol–water partition coefficient (Wildman–Crippen LogP) is -0.138. The summed E-state index contributed by atoms with van der Waals surface area (Å²) in [6, 6.07) is 4.27. The van der Waals surface area contributed by atoms with Crippen LogP contribution in [-0.4, -0.2) is 28.2 Å². The molecule has 0 bridgehead atoms. The fraction of sp³-hybridized carbons (Fsp3) is 0.300. The number of H-pyrrole nitrogens is 1. The first-order valence-electron chi connectivity index (χ1n) is 5.48. The molecule has 2 heterocycles. The average molecular weight is 283 g/mol. The topological polar surface area (TPSA) is 124 Å². The van der Waals surface area contributed by atoms with E-state index in [-0.39, 0.29) is 22.6 Å². The molecule has 8 nitrogen and oxygen atoms in total. The van der Waals surface area contributed by atoms with Crippen molar-refractivity contribution in [1.29, 1.82) is 0 Å². The van der Waals surface area contributed by atoms with Crippen molar-refractivity contribution in [1.82, 2.24) is 19.7 Å². The average Bonchev–Trinajstić information content (AvgIpc) is 2.72. The molecule has 0 aliphatic rings. The van der Waals surface area contributed by atoms with Crippen LogP contribution in [0.15, 0.2) is 28.2 Å². The van der Waals surface area contributed by atoms with Gasteiger partial charge in [-0.1, -0.05) is 6.07 Å². The van der Waals surface area contributed by atoms with Gasteiger partial charge in [0.25, 0.3) is 15.2 Å². The normalized spacial score (nSPS) is 12.0. The lowest BCUT2D eigenvalue weighted by Gasteiger charge is -2.12. The Balaban J connectivity index is 2.73. The molecule has 0 atom stereocenters. The molecular formula is C10H13N5O3S. The molecule has 2 rings (SSSR count). The Morgan fingerprint density at radius 3 is 2.53 bits per heavy atom. The minimum absolute atomic E-state index is 0.234. The van der Waals surface area contributed by atoms with Crippen molar-refractivity contribution in [2.75, 3.05) is 0 Å². The fourth-order valence-electron chi connectivity index (χ4n) is 1.70. The molecule has 19 heavy (non-hydrogen) atoms. The summed E-state index contributed by atoms with van der Waals surface area (Å²) in [5.41, 5.74) is 0.0663. The highest BCUT2D eigenvalue weighted by molar-refractivity contribution is 7.89. The Kier molecular flexibility index (Phi) is 3.25. The number of pyridine rings is 1. The van der Waals surface area contributed by atoms with E-state index in [1.54, 1.807) is 26.0 Å². The molecule has 0 saturated carbocycles. The number of aromatic amines is 1. The summed E-state index contributed by atoms with van der Waals surface area (Å²) in [7, 11) is -3.98. The second-order valence-electron chi connectivity index (χ2n) is 4.24. The van der Waals surface area contributed by atoms with Crippen molar-refractivity contribution in [3.8, 4) is 11.5 Å². The lowest BCUT2D eigenvalue weighted by molar-refractivity contribution is 0.524. The number of hydrogen-bond acceptors (Lipinski definition) is 5. The second kappa shape index (κ2) is 4.59. The Morgan fingerprint density at radius 1 is 1.32 bits per heavy atom. The first kappa shape index (κ1) is 13.4. The van der Waals surface area contributed by atoms with Crippen LogP contribution in [0.25, 0.3) is 11.5 Å². The van der Waals surface area contributed by atoms with Crippen molar-refractivity contribution in [3.63, 3.8) is 0 Å². The minimum atomic E-state index is -3.98. The van der Waals surface area contributed by atoms with Gasteiger partial charge in [0, 0.05) is 12.1 Å². The van der Waals surface area contributed by atoms with Gasteiger partial charge < -0.3 is 4.98 Å². The van der Waals surface area contributed by atoms with Crippen molar-refractivity contribution in [3.05, 3.63) is 28.6 Å². The van der Waals surface area contributed by atoms with Crippen molar-refractivity contribution in [2.24, 2.45) is 5.14 Å². The molecule has 102 valence electrons. The van der Waals surface area contributed by atoms with Crippen LogP contribution in [0.2, 0.25) is 0 Å². The van der Waals surface area contributed by atoms with Gasteiger partial charge in [-0.2, -0.15) is 0 Å². The zero-order valence-electron chi connectivity index (χ0n) is 10.4. The predicted molar refractivity (Wildman–Crippen MR) is 67.8 cm³/mol. The Morgan fingerprint density at radius 2 is 2.00 bits per heavy atom. The SMILES string of the molecule is CC(C)n1c(-c2cccc(=O)[nH]2)nnc1S(N)(=O)=O. The van der Waals surface area contributed by atoms with Crippen LogP contribution < -0.4 is 10.7 Å². The molecule has 0 radical (unpaired) electrons. The Hall–Kier alpha value is -2.00. The van der Waals surface area contributed by atoms with E-state index in [0.717, 1.165) is 0 Å². The maximum absolute atomic E-state index is 11.5. The molecule has 3 N–H and O–H groups in total. The number of nitrogens with one attached hydrogen (secondary N) is 1. The Labute approximate surface area is 109 Å². The summed E-state index contributed by atoms with van der Waals surface area (Å²) in [5.74, 6) is 0.247. The van der Waals surface area contributed by atoms with E-state index in [2.05, 4.69) is 15.2 Å². The standard InChI is InChI=1S/C10H13N5O3S/c1-6(2)15-9(7-4-3-5-8(16)12-7)13-14-10(15)19(11,17)18/h3-6H,1-2H3,(H,12,16)(H2,11,17,18). The molecule has 0 aliphatic carbocycles. The second-order valence-corrected chi connectivity index (χ2v) is 5.70. The van der Waals surface area contributed by atoms with Gasteiger partial charge in [0.1, 0.15) is 0 Å². The Bertz CT molecular complexity index is 759. The van der Waals surface area contributed by atoms with E-state index < -0.39 is 10.0 Å². The van der Waals surface area contributed by atoms with Crippen LogP contribution in [0.4, 0.5) is 0 Å². The number of hydrogen-bond donors (Lipinski definition) is 2. The third-order valence-electron chi connectivity index (χ3n) is 2.44. The first-order chi connectivity index (χ1) is 8.80. The van der Waals surface area contributed by atoms with Crippen LogP contribution in [0.3, 0.4) is 0 Å². The summed E-state index contributed by atoms with van der Waals surface area (Å²) in [6.07, 6.45) is 0. The lowest BCUT2D eigenvalue weighted by Crippen LogP contribution is -2.20. The van der Waals surface area contributed by atoms with Gasteiger partial charge in [-0.15, -0.1) is 10.2 Å². The van der Waals surface area contributed by atoms with Gasteiger partial charge >= 0.3 is 0 Å². The van der Waals surface area contributed by atoms with Gasteiger partial charge in [-0.05, 0) is 19.9 Å². The maximum atomic E-state index is 11.5. The summed E-state index contributed by atoms with van der Waals surface area (Å²) < 4.78 is 24.3. The smallest absolute Gasteiger partial charge is 0.273 e. The van der Waals surface area contributed by atoms with E-state index in [1.165, 1.54) is 10.6 Å². The van der Waals surface area contributed by atoms with Crippen molar-refractivity contribution < 1.29 is 8.42 Å². The molecule has 9 heteroatoms. The lowest BCUT2D eigenvalue weighted by atomic mass is 10.3. The van der Waals surface area contributed by atoms with E-state index in [4.69, 9.17) is 5.14 Å². The van der Waals surface area contributed by atoms with Crippen LogP contribution in [0.1, 0.15) is 19.9 Å². The van der Waals surface area contributed by atoms with E-state index in [1.807, 2.05) is 0 Å². The number of nitrogens with zero attached hydrogens (tertiary/aromatic N) is 3. The van der Waals surface area contributed by atoms with Crippen LogP contribution in [0.5, 0.6) is 0 Å². The van der Waals surface area contributed by atoms with Crippen LogP contribution >= 0.6 is 0 Å². The zero-order valence-corrected chi connectivity index (χ0v) is 11.2. The van der Waals surface area contributed by atoms with Crippen LogP contribution in [0, 0.1) is 0 Å². The quantitative estimate of drug-likeness (QED) is 0.811. The number of aromatic nitrogens is 4. The number of sulfonamides is 1. The molecule has 0 fully saturated rings. The highest BCUT2D eigenvalue weighted by atomic mass is 32.2. The zero-order chi connectivity index (χ0) is 14.2. The monoisotopic (exact) mass is 283 g/mol. The van der Waals surface area contributed by atoms with Gasteiger partial charge in [0.05, 0.1) is 5.69 Å². The largest absolute Gasteiger partial charge is 0.319 e. The van der Waals surface area contributed by atoms with Gasteiger partial charge in [0.2, 0.25) is 5.56 Å². The molecule has 2 aromatic rings. The third kappa shape index (κ3) is 2.56. The number of primary sulfonamides is 1. The maximum Gasteiger partial charge on any atom is 0.273 e. The third-order valence-corrected chi connectivity index (χ3v) is 3.23. The molecular weight excluding hydrogens is 270 g/mol. The van der Waals surface area contributed by atoms with Gasteiger partial charge in [-0.3, -0.25) is 9.36 Å². The van der Waals surface area contributed by atoms with Crippen molar-refractivity contribution >= 4 is 10.0 Å². The van der Waals surface area contributed by atoms with Gasteiger partial charge in [-0.25, -0.2) is 13.6 Å². The number of nitrogens with two attached hydrogens (primary N) is 1. The number of rotatable bonds is 3. The van der Waals surface area contributed by atoms with Gasteiger partial charge in [0.15, 0.2) is 5.82 Å². The fourth-order valence-corrected chi connectivity index (χ4v) is 2.42.